The van der Waals surface area contributed by atoms with E-state index in [1.165, 1.54) is 18.2 Å². The van der Waals surface area contributed by atoms with Crippen molar-refractivity contribution in [3.63, 3.8) is 0 Å². The van der Waals surface area contributed by atoms with E-state index in [4.69, 9.17) is 9.15 Å². The molecule has 0 radical (unpaired) electrons. The summed E-state index contributed by atoms with van der Waals surface area (Å²) in [6, 6.07) is 8.85. The van der Waals surface area contributed by atoms with E-state index in [0.717, 1.165) is 0 Å². The number of nitrogens with one attached hydrogen (secondary N) is 1. The Balaban J connectivity index is 1.65. The molecule has 2 amide bonds. The molecule has 23 heavy (non-hydrogen) atoms. The van der Waals surface area contributed by atoms with Crippen LogP contribution in [0.4, 0.5) is 19.3 Å². The van der Waals surface area contributed by atoms with Gasteiger partial charge in [0.25, 0.3) is 6.43 Å². The molecule has 1 fully saturated rings. The van der Waals surface area contributed by atoms with E-state index < -0.39 is 6.43 Å². The molecule has 1 atom stereocenters. The number of urea groups is 1. The first kappa shape index (κ1) is 15.5. The summed E-state index contributed by atoms with van der Waals surface area (Å²) in [5.74, 6) is 0.655. The smallest absolute Gasteiger partial charge is 0.322 e. The number of halogens is 2. The predicted molar refractivity (Wildman–Crippen MR) is 79.4 cm³/mol. The fraction of sp³-hybridized carbons (Fsp3) is 0.312. The van der Waals surface area contributed by atoms with Crippen molar-refractivity contribution in [2.75, 3.05) is 25.0 Å². The first-order valence-corrected chi connectivity index (χ1v) is 7.22. The first-order valence-electron chi connectivity index (χ1n) is 7.22. The van der Waals surface area contributed by atoms with Crippen LogP contribution in [0.2, 0.25) is 0 Å². The fourth-order valence-corrected chi connectivity index (χ4v) is 2.44. The van der Waals surface area contributed by atoms with Crippen LogP contribution in [0.5, 0.6) is 0 Å². The zero-order valence-corrected chi connectivity index (χ0v) is 12.2. The van der Waals surface area contributed by atoms with Gasteiger partial charge in [0, 0.05) is 17.8 Å². The van der Waals surface area contributed by atoms with Crippen LogP contribution in [0.1, 0.15) is 23.9 Å². The number of amides is 2. The highest BCUT2D eigenvalue weighted by molar-refractivity contribution is 5.89. The molecule has 1 aromatic carbocycles. The van der Waals surface area contributed by atoms with E-state index in [9.17, 15) is 13.6 Å². The van der Waals surface area contributed by atoms with E-state index in [1.807, 2.05) is 0 Å². The third kappa shape index (κ3) is 3.68. The van der Waals surface area contributed by atoms with Gasteiger partial charge in [-0.25, -0.2) is 13.6 Å². The normalized spacial score (nSPS) is 18.2. The third-order valence-electron chi connectivity index (χ3n) is 3.60. The monoisotopic (exact) mass is 322 g/mol. The van der Waals surface area contributed by atoms with Crippen molar-refractivity contribution in [3.8, 4) is 0 Å². The summed E-state index contributed by atoms with van der Waals surface area (Å²) < 4.78 is 36.3. The minimum absolute atomic E-state index is 0.127. The lowest BCUT2D eigenvalue weighted by molar-refractivity contribution is -0.0242. The topological polar surface area (TPSA) is 54.7 Å². The summed E-state index contributed by atoms with van der Waals surface area (Å²) in [7, 11) is 0. The number of hydrogen-bond donors (Lipinski definition) is 1. The molecule has 0 saturated carbocycles. The van der Waals surface area contributed by atoms with Gasteiger partial charge in [0.15, 0.2) is 0 Å². The predicted octanol–water partition coefficient (Wildman–Crippen LogP) is 3.82. The maximum absolute atomic E-state index is 12.7. The van der Waals surface area contributed by atoms with Crippen molar-refractivity contribution in [2.45, 2.75) is 12.5 Å². The van der Waals surface area contributed by atoms with Crippen LogP contribution in [0, 0.1) is 0 Å². The number of morpholine rings is 1. The van der Waals surface area contributed by atoms with Crippen LogP contribution < -0.4 is 5.32 Å². The molecule has 0 bridgehead atoms. The zero-order chi connectivity index (χ0) is 16.2. The Hall–Kier alpha value is -2.41. The molecule has 1 aliphatic heterocycles. The van der Waals surface area contributed by atoms with E-state index in [-0.39, 0.29) is 17.7 Å². The van der Waals surface area contributed by atoms with Gasteiger partial charge in [0.2, 0.25) is 0 Å². The number of rotatable bonds is 3. The van der Waals surface area contributed by atoms with Crippen molar-refractivity contribution >= 4 is 11.7 Å². The Labute approximate surface area is 131 Å². The molecule has 1 aromatic heterocycles. The van der Waals surface area contributed by atoms with Gasteiger partial charge in [-0.1, -0.05) is 12.1 Å². The molecule has 2 heterocycles. The van der Waals surface area contributed by atoms with E-state index in [1.54, 1.807) is 29.4 Å². The highest BCUT2D eigenvalue weighted by Crippen LogP contribution is 2.24. The van der Waals surface area contributed by atoms with Crippen LogP contribution in [0.25, 0.3) is 0 Å². The van der Waals surface area contributed by atoms with Gasteiger partial charge in [-0.2, -0.15) is 0 Å². The second-order valence-corrected chi connectivity index (χ2v) is 5.18. The number of ether oxygens (including phenoxy) is 1. The molecule has 0 spiro atoms. The molecule has 2 aromatic rings. The zero-order valence-electron chi connectivity index (χ0n) is 12.2. The maximum atomic E-state index is 12.7. The second kappa shape index (κ2) is 6.78. The Morgan fingerprint density at radius 1 is 1.30 bits per heavy atom. The number of carbonyl (C=O) groups is 1. The molecule has 1 N–H and O–H groups in total. The quantitative estimate of drug-likeness (QED) is 0.934. The summed E-state index contributed by atoms with van der Waals surface area (Å²) in [6.07, 6.45) is -1.34. The molecule has 3 rings (SSSR count). The van der Waals surface area contributed by atoms with Gasteiger partial charge in [-0.15, -0.1) is 0 Å². The minimum atomic E-state index is -2.57. The highest BCUT2D eigenvalue weighted by atomic mass is 19.3. The molecule has 122 valence electrons. The lowest BCUT2D eigenvalue weighted by Crippen LogP contribution is -2.44. The molecule has 1 saturated heterocycles. The molecule has 1 unspecified atom stereocenters. The first-order chi connectivity index (χ1) is 11.1. The average molecular weight is 322 g/mol. The Kier molecular flexibility index (Phi) is 4.57. The van der Waals surface area contributed by atoms with E-state index in [0.29, 0.717) is 31.1 Å². The summed E-state index contributed by atoms with van der Waals surface area (Å²) in [5, 5.41) is 2.64. The highest BCUT2D eigenvalue weighted by Gasteiger charge is 2.27. The lowest BCUT2D eigenvalue weighted by Gasteiger charge is -2.32. The minimum Gasteiger partial charge on any atom is -0.467 e. The number of carbonyl (C=O) groups excluding carboxylic acids is 1. The van der Waals surface area contributed by atoms with E-state index in [2.05, 4.69) is 5.32 Å². The average Bonchev–Trinajstić information content (AvgIpc) is 3.10. The summed E-state index contributed by atoms with van der Waals surface area (Å²) in [6.45, 7) is 1.15. The number of hydrogen-bond acceptors (Lipinski definition) is 3. The molecule has 1 aliphatic rings. The number of furan rings is 1. The molecule has 7 heteroatoms. The van der Waals surface area contributed by atoms with Crippen LogP contribution in [0.3, 0.4) is 0 Å². The Morgan fingerprint density at radius 2 is 2.17 bits per heavy atom. The van der Waals surface area contributed by atoms with Crippen LogP contribution in [0.15, 0.2) is 47.1 Å². The number of alkyl halides is 2. The number of anilines is 1. The standard InChI is InChI=1S/C16H16F2N2O3/c17-15(18)11-3-1-4-12(9-11)19-16(21)20-6-8-23-14(10-20)13-5-2-7-22-13/h1-5,7,9,14-15H,6,8,10H2,(H,19,21). The summed E-state index contributed by atoms with van der Waals surface area (Å²) >= 11 is 0. The van der Waals surface area contributed by atoms with Crippen molar-refractivity contribution in [1.82, 2.24) is 4.90 Å². The van der Waals surface area contributed by atoms with Gasteiger partial charge < -0.3 is 19.4 Å². The van der Waals surface area contributed by atoms with Crippen LogP contribution in [-0.4, -0.2) is 30.6 Å². The van der Waals surface area contributed by atoms with Crippen LogP contribution in [-0.2, 0) is 4.74 Å². The lowest BCUT2D eigenvalue weighted by atomic mass is 10.2. The second-order valence-electron chi connectivity index (χ2n) is 5.18. The number of nitrogens with zero attached hydrogens (tertiary/aromatic N) is 1. The largest absolute Gasteiger partial charge is 0.467 e. The molecule has 0 aliphatic carbocycles. The molecular weight excluding hydrogens is 306 g/mol. The maximum Gasteiger partial charge on any atom is 0.322 e. The Bertz CT molecular complexity index is 661. The van der Waals surface area contributed by atoms with Crippen LogP contribution >= 0.6 is 0 Å². The number of benzene rings is 1. The van der Waals surface area contributed by atoms with Gasteiger partial charge >= 0.3 is 6.03 Å². The van der Waals surface area contributed by atoms with Gasteiger partial charge in [-0.05, 0) is 24.3 Å². The SMILES string of the molecule is O=C(Nc1cccc(C(F)F)c1)N1CCOC(c2ccco2)C1. The van der Waals surface area contributed by atoms with Gasteiger partial charge in [-0.3, -0.25) is 0 Å². The summed E-state index contributed by atoms with van der Waals surface area (Å²) in [4.78, 5) is 13.9. The van der Waals surface area contributed by atoms with Crippen molar-refractivity contribution in [2.24, 2.45) is 0 Å². The van der Waals surface area contributed by atoms with Gasteiger partial charge in [0.05, 0.1) is 19.4 Å². The van der Waals surface area contributed by atoms with Gasteiger partial charge in [0.1, 0.15) is 11.9 Å². The molecule has 5 nitrogen and oxygen atoms in total. The van der Waals surface area contributed by atoms with Crippen molar-refractivity contribution < 1.29 is 22.7 Å². The Morgan fingerprint density at radius 3 is 2.91 bits per heavy atom. The molecular formula is C16H16F2N2O3. The summed E-state index contributed by atoms with van der Waals surface area (Å²) in [5.41, 5.74) is 0.215. The van der Waals surface area contributed by atoms with Crippen molar-refractivity contribution in [3.05, 3.63) is 54.0 Å². The fourth-order valence-electron chi connectivity index (χ4n) is 2.44. The van der Waals surface area contributed by atoms with E-state index >= 15 is 0 Å². The third-order valence-corrected chi connectivity index (χ3v) is 3.60. The van der Waals surface area contributed by atoms with Crippen molar-refractivity contribution in [1.29, 1.82) is 0 Å².